The quantitative estimate of drug-likeness (QED) is 0.0655. The Labute approximate surface area is 554 Å². The van der Waals surface area contributed by atoms with Crippen LogP contribution >= 0.6 is 23.5 Å². The first-order chi connectivity index (χ1) is 45.3. The van der Waals surface area contributed by atoms with Crippen LogP contribution in [0.4, 0.5) is 8.78 Å². The smallest absolute Gasteiger partial charge is 0.246 e. The molecule has 0 radical (unpaired) electrons. The van der Waals surface area contributed by atoms with Gasteiger partial charge in [-0.3, -0.25) is 43.2 Å². The summed E-state index contributed by atoms with van der Waals surface area (Å²) in [5.41, 5.74) is 9.47. The van der Waals surface area contributed by atoms with Crippen molar-refractivity contribution in [3.05, 3.63) is 137 Å². The maximum atomic E-state index is 15.2. The molecular weight excluding hydrogens is 1240 g/mol. The summed E-state index contributed by atoms with van der Waals surface area (Å²) in [6, 6.07) is 18.8. The van der Waals surface area contributed by atoms with E-state index < -0.39 is 94.7 Å². The number of benzene rings is 4. The summed E-state index contributed by atoms with van der Waals surface area (Å²) in [6.07, 6.45) is 4.22. The topological polar surface area (TPSA) is 299 Å². The number of amides is 8. The van der Waals surface area contributed by atoms with Crippen molar-refractivity contribution in [2.45, 2.75) is 145 Å². The number of methoxy groups -OCH3 is 1. The standard InChI is InChI=1S/C69H85F2N11O10S2/c1-42-62(85)79-57(38-51-34-47-33-49(70)15-19-55(47)77-51)64(87)80-59(36-48-39-75-56-20-16-50(71)37-54(48)56)66(89)81-27-7-12-60(81)65(88)73-25-21-61(84)78-58(32-43-13-17-53(92-3)18-14-43)67(90)82-28-8-23-69(82,2)68(91)74-26-30-94-41-45-10-6-9-44(31-45)40-93-29-22-52(83)35-46(63(86)76-42)11-4-5-24-72/h6,9-10,13-20,31,33-34,37,39,42,46,57-60,75,77H,4-5,7-8,11-12,21-30,32,35-36,38,40-41,72H2,1-3H3,(H,73,88)(H,74,91)(H,76,86)(H,78,84)(H,79,85)(H,80,87)/t42-,46-,57+,58+,59+,60+,69+/m1/s1. The number of hydrogen-bond donors (Lipinski definition) is 9. The molecule has 94 heavy (non-hydrogen) atoms. The molecule has 2 fully saturated rings. The van der Waals surface area contributed by atoms with Crippen molar-refractivity contribution in [3.8, 4) is 5.75 Å². The summed E-state index contributed by atoms with van der Waals surface area (Å²) in [5.74, 6) is -3.60. The van der Waals surface area contributed by atoms with Gasteiger partial charge in [0.2, 0.25) is 47.3 Å². The highest BCUT2D eigenvalue weighted by molar-refractivity contribution is 7.98. The summed E-state index contributed by atoms with van der Waals surface area (Å²) in [7, 11) is 1.54. The van der Waals surface area contributed by atoms with Crippen molar-refractivity contribution in [1.82, 2.24) is 51.7 Å². The fourth-order valence-electron chi connectivity index (χ4n) is 12.6. The maximum Gasteiger partial charge on any atom is 0.246 e. The van der Waals surface area contributed by atoms with Crippen molar-refractivity contribution in [1.29, 1.82) is 0 Å². The number of thioether (sulfide) groups is 2. The van der Waals surface area contributed by atoms with Crippen LogP contribution in [0.5, 0.6) is 5.75 Å². The number of carbonyl (C=O) groups is 9. The van der Waals surface area contributed by atoms with Gasteiger partial charge in [-0.2, -0.15) is 23.5 Å². The molecule has 3 aliphatic rings. The first-order valence-electron chi connectivity index (χ1n) is 32.3. The lowest BCUT2D eigenvalue weighted by Crippen LogP contribution is -2.60. The highest BCUT2D eigenvalue weighted by atomic mass is 32.2. The van der Waals surface area contributed by atoms with Gasteiger partial charge in [-0.05, 0) is 136 Å². The number of aromatic amines is 2. The minimum Gasteiger partial charge on any atom is -0.497 e. The molecule has 502 valence electrons. The summed E-state index contributed by atoms with van der Waals surface area (Å²) in [6.45, 7) is 4.12. The van der Waals surface area contributed by atoms with E-state index in [4.69, 9.17) is 10.5 Å². The Hall–Kier alpha value is -8.29. The summed E-state index contributed by atoms with van der Waals surface area (Å²) < 4.78 is 34.7. The van der Waals surface area contributed by atoms with Gasteiger partial charge in [0.1, 0.15) is 58.9 Å². The number of hydrogen-bond acceptors (Lipinski definition) is 13. The Morgan fingerprint density at radius 2 is 1.40 bits per heavy atom. The number of carbonyl (C=O) groups excluding carboxylic acids is 9. The van der Waals surface area contributed by atoms with Crippen LogP contribution in [-0.4, -0.2) is 160 Å². The predicted molar refractivity (Wildman–Crippen MR) is 358 cm³/mol. The minimum absolute atomic E-state index is 0.0683. The number of nitrogens with zero attached hydrogens (tertiary/aromatic N) is 2. The fraction of sp³-hybridized carbons (Fsp3) is 0.464. The van der Waals surface area contributed by atoms with Gasteiger partial charge >= 0.3 is 0 Å². The second-order valence-electron chi connectivity index (χ2n) is 24.7. The third-order valence-electron chi connectivity index (χ3n) is 17.8. The van der Waals surface area contributed by atoms with E-state index in [9.17, 15) is 42.3 Å². The molecule has 2 saturated heterocycles. The zero-order valence-corrected chi connectivity index (χ0v) is 55.0. The summed E-state index contributed by atoms with van der Waals surface area (Å²) in [5, 5.41) is 18.1. The van der Waals surface area contributed by atoms with Crippen LogP contribution in [0.1, 0.15) is 106 Å². The van der Waals surface area contributed by atoms with Crippen molar-refractivity contribution in [2.24, 2.45) is 11.7 Å². The molecule has 7 atom stereocenters. The SMILES string of the molecule is COc1ccc(C[C@@H]2NC(=O)CCNC(=O)[C@@H]3CCCN3C(=O)[C@H](Cc3c[nH]c4ccc(F)cc34)NC(=O)[C@H](Cc3cc4cc(F)ccc4[nH]3)NC(=O)[C@@H](C)NC(=O)[C@H](CCCCN)CC(=O)CCSCc3cccc(c3)CSCCNC(=O)[C@]3(C)CCCN3C2=O)cc1. The van der Waals surface area contributed by atoms with Crippen LogP contribution in [0.2, 0.25) is 0 Å². The number of fused-ring (bicyclic) bond motifs is 6. The van der Waals surface area contributed by atoms with E-state index in [0.29, 0.717) is 113 Å². The molecule has 0 aliphatic carbocycles. The number of nitrogens with two attached hydrogens (primary N) is 1. The average Bonchev–Trinajstić information content (AvgIpc) is 1.60. The van der Waals surface area contributed by atoms with Crippen LogP contribution in [0.25, 0.3) is 21.8 Å². The molecule has 5 heterocycles. The van der Waals surface area contributed by atoms with E-state index in [-0.39, 0.29) is 76.3 Å². The third-order valence-corrected chi connectivity index (χ3v) is 19.8. The Kier molecular flexibility index (Phi) is 24.7. The largest absolute Gasteiger partial charge is 0.497 e. The van der Waals surface area contributed by atoms with Crippen LogP contribution in [-0.2, 0) is 73.9 Å². The van der Waals surface area contributed by atoms with Gasteiger partial charge in [-0.1, -0.05) is 42.8 Å². The van der Waals surface area contributed by atoms with E-state index in [2.05, 4.69) is 47.9 Å². The van der Waals surface area contributed by atoms with Gasteiger partial charge in [0, 0.05) is 127 Å². The van der Waals surface area contributed by atoms with Crippen molar-refractivity contribution < 1.29 is 56.7 Å². The Bertz CT molecular complexity index is 3700. The molecule has 2 aromatic heterocycles. The number of H-pyrrole nitrogens is 2. The molecule has 6 aromatic rings. The van der Waals surface area contributed by atoms with Gasteiger partial charge in [0.25, 0.3) is 0 Å². The third kappa shape index (κ3) is 18.5. The monoisotopic (exact) mass is 1330 g/mol. The maximum absolute atomic E-state index is 15.2. The number of rotatable bonds is 11. The zero-order chi connectivity index (χ0) is 66.9. The lowest BCUT2D eigenvalue weighted by atomic mass is 9.94. The normalized spacial score (nSPS) is 23.7. The van der Waals surface area contributed by atoms with Gasteiger partial charge in [-0.25, -0.2) is 8.78 Å². The van der Waals surface area contributed by atoms with Crippen molar-refractivity contribution in [3.63, 3.8) is 0 Å². The number of aromatic nitrogens is 2. The molecular formula is C69H85F2N11O10S2. The number of ketones is 1. The molecule has 4 aromatic carbocycles. The minimum atomic E-state index is -1.44. The van der Waals surface area contributed by atoms with E-state index in [1.807, 2.05) is 18.2 Å². The molecule has 2 bridgehead atoms. The molecule has 9 rings (SSSR count). The van der Waals surface area contributed by atoms with E-state index >= 15 is 9.59 Å². The molecule has 8 amide bonds. The molecule has 25 heteroatoms. The molecule has 3 aliphatic heterocycles. The van der Waals surface area contributed by atoms with E-state index in [0.717, 1.165) is 16.7 Å². The highest BCUT2D eigenvalue weighted by Crippen LogP contribution is 2.32. The number of ether oxygens (including phenoxy) is 1. The molecule has 10 N–H and O–H groups in total. The molecule has 21 nitrogen and oxygen atoms in total. The summed E-state index contributed by atoms with van der Waals surface area (Å²) >= 11 is 3.25. The second-order valence-corrected chi connectivity index (χ2v) is 26.9. The molecule has 0 saturated carbocycles. The van der Waals surface area contributed by atoms with Crippen molar-refractivity contribution in [2.75, 3.05) is 51.3 Å². The Morgan fingerprint density at radius 3 is 2.16 bits per heavy atom. The number of Topliss-reactive ketones (excluding diaryl/α,β-unsaturated/α-hetero) is 1. The number of unbranched alkanes of at least 4 members (excludes halogenated alkanes) is 1. The number of nitrogens with one attached hydrogen (secondary N) is 8. The van der Waals surface area contributed by atoms with Gasteiger partial charge in [0.15, 0.2) is 0 Å². The fourth-order valence-corrected chi connectivity index (χ4v) is 14.3. The van der Waals surface area contributed by atoms with Crippen molar-refractivity contribution >= 4 is 98.4 Å². The van der Waals surface area contributed by atoms with Crippen LogP contribution in [0.3, 0.4) is 0 Å². The first kappa shape index (κ1) is 70.0. The molecule has 0 unspecified atom stereocenters. The lowest BCUT2D eigenvalue weighted by molar-refractivity contribution is -0.146. The Balaban J connectivity index is 0.982. The predicted octanol–water partition coefficient (Wildman–Crippen LogP) is 6.19. The van der Waals surface area contributed by atoms with Crippen LogP contribution in [0, 0.1) is 17.6 Å². The lowest BCUT2D eigenvalue weighted by Gasteiger charge is -2.36. The van der Waals surface area contributed by atoms with Gasteiger partial charge < -0.3 is 62.1 Å². The number of halogens is 2. The average molecular weight is 1330 g/mol. The summed E-state index contributed by atoms with van der Waals surface area (Å²) in [4.78, 5) is 139. The van der Waals surface area contributed by atoms with Crippen LogP contribution in [0.15, 0.2) is 97.2 Å². The highest BCUT2D eigenvalue weighted by Gasteiger charge is 2.47. The van der Waals surface area contributed by atoms with Crippen LogP contribution < -0.4 is 42.4 Å². The first-order valence-corrected chi connectivity index (χ1v) is 34.6. The van der Waals surface area contributed by atoms with E-state index in [1.165, 1.54) is 55.3 Å². The zero-order valence-electron chi connectivity index (χ0n) is 53.4. The Morgan fingerprint density at radius 1 is 0.681 bits per heavy atom. The van der Waals surface area contributed by atoms with Gasteiger partial charge in [-0.15, -0.1) is 0 Å². The van der Waals surface area contributed by atoms with Gasteiger partial charge in [0.05, 0.1) is 7.11 Å². The second kappa shape index (κ2) is 33.2. The molecule has 0 spiro atoms. The van der Waals surface area contributed by atoms with E-state index in [1.54, 1.807) is 71.9 Å².